The molecule has 0 radical (unpaired) electrons. The lowest BCUT2D eigenvalue weighted by Gasteiger charge is -2.18. The quantitative estimate of drug-likeness (QED) is 0.219. The van der Waals surface area contributed by atoms with Crippen LogP contribution in [0.1, 0.15) is 41.8 Å². The van der Waals surface area contributed by atoms with Gasteiger partial charge < -0.3 is 15.7 Å². The normalized spacial score (nSPS) is 12.4. The number of hydrogen-bond donors (Lipinski definition) is 3. The molecule has 7 nitrogen and oxygen atoms in total. The molecule has 3 N–H and O–H groups in total. The molecule has 0 aliphatic heterocycles. The van der Waals surface area contributed by atoms with Gasteiger partial charge in [0, 0.05) is 45.9 Å². The second-order valence-corrected chi connectivity index (χ2v) is 9.72. The molecular formula is C30H25ClF2N4O3. The molecule has 1 heterocycles. The number of fused-ring (bicyclic) bond motifs is 1. The van der Waals surface area contributed by atoms with Crippen molar-refractivity contribution in [1.29, 1.82) is 5.26 Å². The third-order valence-corrected chi connectivity index (χ3v) is 6.88. The summed E-state index contributed by atoms with van der Waals surface area (Å²) in [6.07, 6.45) is 2.12. The molecule has 0 bridgehead atoms. The van der Waals surface area contributed by atoms with E-state index >= 15 is 0 Å². The number of carboxylic acids is 1. The van der Waals surface area contributed by atoms with Crippen LogP contribution in [0.15, 0.2) is 60.8 Å². The monoisotopic (exact) mass is 562 g/mol. The molecule has 3 aromatic carbocycles. The molecule has 0 saturated heterocycles. The van der Waals surface area contributed by atoms with Crippen LogP contribution in [0.2, 0.25) is 5.02 Å². The molecule has 0 unspecified atom stereocenters. The third kappa shape index (κ3) is 6.03. The highest BCUT2D eigenvalue weighted by Crippen LogP contribution is 2.35. The maximum atomic E-state index is 14.8. The summed E-state index contributed by atoms with van der Waals surface area (Å²) in [5, 5.41) is 25.1. The number of benzene rings is 3. The Morgan fingerprint density at radius 2 is 1.80 bits per heavy atom. The number of nitriles is 1. The van der Waals surface area contributed by atoms with Gasteiger partial charge >= 0.3 is 5.97 Å². The molecule has 0 saturated carbocycles. The van der Waals surface area contributed by atoms with Gasteiger partial charge in [-0.25, -0.2) is 13.6 Å². The topological polar surface area (TPSA) is 115 Å². The Morgan fingerprint density at radius 1 is 1.10 bits per heavy atom. The minimum absolute atomic E-state index is 0.0431. The van der Waals surface area contributed by atoms with E-state index in [9.17, 15) is 23.5 Å². The number of pyridine rings is 1. The lowest BCUT2D eigenvalue weighted by atomic mass is 9.94. The number of nitrogens with one attached hydrogen (secondary N) is 2. The molecule has 2 atom stereocenters. The predicted molar refractivity (Wildman–Crippen MR) is 149 cm³/mol. The number of aromatic nitrogens is 1. The van der Waals surface area contributed by atoms with Gasteiger partial charge in [0.05, 0.1) is 17.1 Å². The van der Waals surface area contributed by atoms with Crippen LogP contribution in [0.5, 0.6) is 0 Å². The Morgan fingerprint density at radius 3 is 2.42 bits per heavy atom. The van der Waals surface area contributed by atoms with Crippen molar-refractivity contribution in [2.75, 3.05) is 5.32 Å². The van der Waals surface area contributed by atoms with Gasteiger partial charge in [0.25, 0.3) is 5.91 Å². The zero-order valence-corrected chi connectivity index (χ0v) is 22.4. The number of carboxylic acid groups (broad SMARTS) is 1. The van der Waals surface area contributed by atoms with E-state index in [4.69, 9.17) is 16.9 Å². The number of carbonyl (C=O) groups is 2. The van der Waals surface area contributed by atoms with Crippen LogP contribution in [0, 0.1) is 23.0 Å². The minimum Gasteiger partial charge on any atom is -0.480 e. The van der Waals surface area contributed by atoms with E-state index in [1.807, 2.05) is 19.9 Å². The van der Waals surface area contributed by atoms with Crippen LogP contribution < -0.4 is 10.6 Å². The molecule has 1 amide bonds. The van der Waals surface area contributed by atoms with Gasteiger partial charge in [0.1, 0.15) is 23.2 Å². The first-order valence-electron chi connectivity index (χ1n) is 12.5. The summed E-state index contributed by atoms with van der Waals surface area (Å²) in [4.78, 5) is 29.4. The minimum atomic E-state index is -1.49. The molecule has 4 aromatic rings. The van der Waals surface area contributed by atoms with Crippen molar-refractivity contribution >= 4 is 40.1 Å². The van der Waals surface area contributed by atoms with Crippen LogP contribution in [-0.2, 0) is 11.2 Å². The second-order valence-electron chi connectivity index (χ2n) is 9.32. The van der Waals surface area contributed by atoms with Gasteiger partial charge in [-0.2, -0.15) is 5.26 Å². The lowest BCUT2D eigenvalue weighted by molar-refractivity contribution is -0.139. The summed E-state index contributed by atoms with van der Waals surface area (Å²) in [5.74, 6) is -4.77. The Kier molecular flexibility index (Phi) is 8.61. The molecule has 0 aliphatic rings. The predicted octanol–water partition coefficient (Wildman–Crippen LogP) is 6.34. The summed E-state index contributed by atoms with van der Waals surface area (Å²) in [6, 6.07) is 14.2. The van der Waals surface area contributed by atoms with E-state index in [-0.39, 0.29) is 18.2 Å². The average Bonchev–Trinajstić information content (AvgIpc) is 2.92. The fourth-order valence-electron chi connectivity index (χ4n) is 4.34. The summed E-state index contributed by atoms with van der Waals surface area (Å²) in [7, 11) is 0. The molecule has 4 rings (SSSR count). The zero-order chi connectivity index (χ0) is 29.0. The molecule has 204 valence electrons. The fraction of sp³-hybridized carbons (Fsp3) is 0.200. The van der Waals surface area contributed by atoms with Gasteiger partial charge in [0.2, 0.25) is 0 Å². The number of aliphatic carboxylic acids is 1. The highest BCUT2D eigenvalue weighted by Gasteiger charge is 2.26. The van der Waals surface area contributed by atoms with Gasteiger partial charge in [-0.05, 0) is 49.2 Å². The smallest absolute Gasteiger partial charge is 0.326 e. The number of anilines is 1. The number of nitrogens with zero attached hydrogens (tertiary/aromatic N) is 2. The number of hydrogen-bond acceptors (Lipinski definition) is 5. The van der Waals surface area contributed by atoms with E-state index in [0.29, 0.717) is 38.2 Å². The number of amides is 1. The van der Waals surface area contributed by atoms with E-state index < -0.39 is 35.1 Å². The van der Waals surface area contributed by atoms with Crippen molar-refractivity contribution in [2.45, 2.75) is 38.8 Å². The summed E-state index contributed by atoms with van der Waals surface area (Å²) in [6.45, 7) is 3.76. The van der Waals surface area contributed by atoms with Crippen molar-refractivity contribution < 1.29 is 23.5 Å². The van der Waals surface area contributed by atoms with Crippen molar-refractivity contribution in [1.82, 2.24) is 10.3 Å². The van der Waals surface area contributed by atoms with Crippen molar-refractivity contribution in [3.05, 3.63) is 94.1 Å². The van der Waals surface area contributed by atoms with Crippen LogP contribution in [0.4, 0.5) is 14.5 Å². The first-order chi connectivity index (χ1) is 19.1. The van der Waals surface area contributed by atoms with E-state index in [1.54, 1.807) is 48.7 Å². The molecule has 10 heteroatoms. The van der Waals surface area contributed by atoms with Crippen molar-refractivity contribution in [2.24, 2.45) is 0 Å². The summed E-state index contributed by atoms with van der Waals surface area (Å²) in [5.41, 5.74) is 2.09. The van der Waals surface area contributed by atoms with Gasteiger partial charge in [-0.3, -0.25) is 9.78 Å². The van der Waals surface area contributed by atoms with Crippen LogP contribution in [0.3, 0.4) is 0 Å². The summed E-state index contributed by atoms with van der Waals surface area (Å²) >= 11 is 6.42. The van der Waals surface area contributed by atoms with Gasteiger partial charge in [-0.15, -0.1) is 0 Å². The van der Waals surface area contributed by atoms with E-state index in [1.165, 1.54) is 0 Å². The number of rotatable bonds is 9. The molecule has 0 spiro atoms. The van der Waals surface area contributed by atoms with E-state index in [0.717, 1.165) is 18.6 Å². The Hall–Kier alpha value is -4.55. The highest BCUT2D eigenvalue weighted by atomic mass is 35.5. The zero-order valence-electron chi connectivity index (χ0n) is 21.6. The Bertz CT molecular complexity index is 1630. The molecule has 1 aromatic heterocycles. The fourth-order valence-corrected chi connectivity index (χ4v) is 4.62. The molecular weight excluding hydrogens is 538 g/mol. The maximum absolute atomic E-state index is 14.8. The average molecular weight is 563 g/mol. The standard InChI is InChI=1S/C30H25ClF2N4O3/c1-3-16(2)36-19-13-24(32)27(25(33)14-19)29(38)37-26(30(39)40)12-18-7-9-22(28-20(18)5-4-10-35-28)21-8-6-17(15-34)11-23(21)31/h4-11,13-14,16,26,36H,3,12H2,1-2H3,(H,37,38)(H,39,40)/t16-,26-/m0/s1. The maximum Gasteiger partial charge on any atom is 0.326 e. The summed E-state index contributed by atoms with van der Waals surface area (Å²) < 4.78 is 29.5. The van der Waals surface area contributed by atoms with Crippen LogP contribution >= 0.6 is 11.6 Å². The van der Waals surface area contributed by atoms with Crippen LogP contribution in [0.25, 0.3) is 22.0 Å². The number of halogens is 3. The Balaban J connectivity index is 1.64. The Labute approximate surface area is 234 Å². The SMILES string of the molecule is CC[C@H](C)Nc1cc(F)c(C(=O)N[C@@H](Cc2ccc(-c3ccc(C#N)cc3Cl)c3ncccc23)C(=O)O)c(F)c1. The third-order valence-electron chi connectivity index (χ3n) is 6.57. The van der Waals surface area contributed by atoms with E-state index in [2.05, 4.69) is 15.6 Å². The molecule has 40 heavy (non-hydrogen) atoms. The van der Waals surface area contributed by atoms with Crippen molar-refractivity contribution in [3.63, 3.8) is 0 Å². The first-order valence-corrected chi connectivity index (χ1v) is 12.9. The lowest BCUT2D eigenvalue weighted by Crippen LogP contribution is -2.43. The largest absolute Gasteiger partial charge is 0.480 e. The molecule has 0 fully saturated rings. The second kappa shape index (κ2) is 12.1. The first kappa shape index (κ1) is 28.5. The van der Waals surface area contributed by atoms with Gasteiger partial charge in [0.15, 0.2) is 0 Å². The highest BCUT2D eigenvalue weighted by molar-refractivity contribution is 6.33. The molecule has 0 aliphatic carbocycles. The van der Waals surface area contributed by atoms with Crippen molar-refractivity contribution in [3.8, 4) is 17.2 Å². The van der Waals surface area contributed by atoms with Crippen LogP contribution in [-0.4, -0.2) is 34.1 Å². The van der Waals surface area contributed by atoms with Gasteiger partial charge in [-0.1, -0.05) is 42.8 Å². The number of carbonyl (C=O) groups excluding carboxylic acids is 1.